The van der Waals surface area contributed by atoms with Crippen LogP contribution >= 0.6 is 0 Å². The molecule has 0 saturated carbocycles. The lowest BCUT2D eigenvalue weighted by molar-refractivity contribution is -0.135. The van der Waals surface area contributed by atoms with Crippen LogP contribution in [0.2, 0.25) is 0 Å². The fraction of sp³-hybridized carbons (Fsp3) is 0.327. The molecule has 60 heavy (non-hydrogen) atoms. The van der Waals surface area contributed by atoms with Gasteiger partial charge in [0.25, 0.3) is 0 Å². The quantitative estimate of drug-likeness (QED) is 0.106. The lowest BCUT2D eigenvalue weighted by Gasteiger charge is -2.30. The number of fused-ring (bicyclic) bond motifs is 4. The lowest BCUT2D eigenvalue weighted by atomic mass is 9.89. The molecule has 308 valence electrons. The summed E-state index contributed by atoms with van der Waals surface area (Å²) in [4.78, 5) is 59.9. The van der Waals surface area contributed by atoms with E-state index in [4.69, 9.17) is 14.7 Å². The Balaban J connectivity index is 0.988. The first-order chi connectivity index (χ1) is 29.0. The molecule has 3 N–H and O–H groups in total. The Kier molecular flexibility index (Phi) is 11.4. The summed E-state index contributed by atoms with van der Waals surface area (Å²) in [5.41, 5.74) is 10.5. The number of amides is 3. The number of hydrogen-bond acceptors (Lipinski definition) is 6. The molecule has 0 spiro atoms. The van der Waals surface area contributed by atoms with Gasteiger partial charge in [0.15, 0.2) is 0 Å². The van der Waals surface area contributed by atoms with Crippen LogP contribution in [-0.2, 0) is 33.6 Å². The minimum absolute atomic E-state index is 0.0922. The maximum atomic E-state index is 13.8. The smallest absolute Gasteiger partial charge is 0.407 e. The highest BCUT2D eigenvalue weighted by Gasteiger charge is 2.40. The number of rotatable bonds is 12. The molecule has 1 saturated heterocycles. The average Bonchev–Trinajstić information content (AvgIpc) is 4.02. The van der Waals surface area contributed by atoms with Crippen molar-refractivity contribution in [2.75, 3.05) is 20.2 Å². The Morgan fingerprint density at radius 2 is 1.63 bits per heavy atom. The van der Waals surface area contributed by atoms with Crippen LogP contribution in [0.25, 0.3) is 44.4 Å². The van der Waals surface area contributed by atoms with E-state index in [0.29, 0.717) is 31.8 Å². The molecule has 11 heteroatoms. The maximum absolute atomic E-state index is 13.8. The van der Waals surface area contributed by atoms with Crippen molar-refractivity contribution < 1.29 is 19.1 Å². The van der Waals surface area contributed by atoms with Crippen LogP contribution in [0, 0.1) is 5.92 Å². The number of carbonyl (C=O) groups excluding carboxylic acids is 3. The first-order valence-corrected chi connectivity index (χ1v) is 21.0. The zero-order valence-corrected chi connectivity index (χ0v) is 35.0. The molecule has 1 aliphatic heterocycles. The molecule has 4 aromatic carbocycles. The van der Waals surface area contributed by atoms with Crippen LogP contribution in [0.4, 0.5) is 4.79 Å². The standard InChI is InChI=1S/C49H53N7O4/c1-7-22-55(42(57)24-32-11-9-8-10-12-32)31(5)46-50-28-41(52-46)38-16-15-34-25-33(13-14-35(34)27-38)36-17-19-39-37(26-36)18-20-40-44(39)53-47(51-40)45-30(4)21-23-56(45)48(58)43(29(2)3)54-49(59)60-6/h8-17,19,25-29,31,43,45H,4,7,18,20-24H2,1-3,5-6H3,(H,50,52)(H,51,53)(H,54,59)/t31-,43-,45-/m0/s1. The summed E-state index contributed by atoms with van der Waals surface area (Å²) in [6.07, 6.45) is 4.76. The Morgan fingerprint density at radius 3 is 2.37 bits per heavy atom. The number of likely N-dealkylation sites (tertiary alicyclic amines) is 1. The molecule has 0 radical (unpaired) electrons. The number of alkyl carbamates (subject to hydrolysis) is 1. The van der Waals surface area contributed by atoms with E-state index < -0.39 is 18.2 Å². The van der Waals surface area contributed by atoms with E-state index >= 15 is 0 Å². The summed E-state index contributed by atoms with van der Waals surface area (Å²) in [6, 6.07) is 28.2. The molecule has 2 aromatic heterocycles. The third kappa shape index (κ3) is 7.96. The number of aromatic nitrogens is 4. The van der Waals surface area contributed by atoms with Crippen molar-refractivity contribution >= 4 is 28.7 Å². The van der Waals surface area contributed by atoms with E-state index in [1.807, 2.05) is 62.2 Å². The van der Waals surface area contributed by atoms with Gasteiger partial charge >= 0.3 is 6.09 Å². The second-order valence-electron chi connectivity index (χ2n) is 16.4. The molecule has 0 bridgehead atoms. The highest BCUT2D eigenvalue weighted by Crippen LogP contribution is 2.40. The van der Waals surface area contributed by atoms with Crippen molar-refractivity contribution in [2.45, 2.75) is 77.9 Å². The normalized spacial score (nSPS) is 15.7. The van der Waals surface area contributed by atoms with Crippen molar-refractivity contribution in [1.29, 1.82) is 0 Å². The van der Waals surface area contributed by atoms with E-state index in [1.165, 1.54) is 12.7 Å². The number of methoxy groups -OCH3 is 1. The van der Waals surface area contributed by atoms with Crippen LogP contribution in [-0.4, -0.2) is 73.9 Å². The minimum atomic E-state index is -0.725. The highest BCUT2D eigenvalue weighted by atomic mass is 16.5. The van der Waals surface area contributed by atoms with E-state index in [-0.39, 0.29) is 23.8 Å². The molecule has 0 unspecified atom stereocenters. The molecule has 1 fully saturated rings. The van der Waals surface area contributed by atoms with Crippen LogP contribution in [0.3, 0.4) is 0 Å². The largest absolute Gasteiger partial charge is 0.453 e. The summed E-state index contributed by atoms with van der Waals surface area (Å²) >= 11 is 0. The molecular formula is C49H53N7O4. The lowest BCUT2D eigenvalue weighted by Crippen LogP contribution is -2.51. The minimum Gasteiger partial charge on any atom is -0.453 e. The summed E-state index contributed by atoms with van der Waals surface area (Å²) in [5, 5.41) is 4.99. The topological polar surface area (TPSA) is 136 Å². The Bertz CT molecular complexity index is 2570. The number of H-pyrrole nitrogens is 2. The molecule has 3 amide bonds. The molecule has 8 rings (SSSR count). The fourth-order valence-electron chi connectivity index (χ4n) is 8.73. The molecule has 3 atom stereocenters. The number of nitrogens with one attached hydrogen (secondary N) is 3. The summed E-state index contributed by atoms with van der Waals surface area (Å²) in [7, 11) is 1.30. The first kappa shape index (κ1) is 40.3. The van der Waals surface area contributed by atoms with Gasteiger partial charge in [-0.3, -0.25) is 9.59 Å². The van der Waals surface area contributed by atoms with Gasteiger partial charge in [-0.1, -0.05) is 100 Å². The van der Waals surface area contributed by atoms with Crippen LogP contribution in [0.15, 0.2) is 103 Å². The highest BCUT2D eigenvalue weighted by molar-refractivity contribution is 5.91. The SMILES string of the molecule is C=C1CCN(C(=O)[C@@H](NC(=O)OC)C(C)C)[C@@H]1c1nc2c([nH]1)-c1ccc(-c3ccc4cc(-c5cnc([C@H](C)N(CCC)C(=O)Cc6ccccc6)[nH]5)ccc4c3)cc1CC2. The molecule has 6 aromatic rings. The zero-order valence-electron chi connectivity index (χ0n) is 35.0. The molecule has 3 heterocycles. The van der Waals surface area contributed by atoms with Gasteiger partial charge in [0.05, 0.1) is 42.9 Å². The second kappa shape index (κ2) is 17.0. The van der Waals surface area contributed by atoms with Crippen LogP contribution in [0.1, 0.15) is 81.1 Å². The molecular weight excluding hydrogens is 751 g/mol. The van der Waals surface area contributed by atoms with Gasteiger partial charge in [-0.05, 0) is 89.3 Å². The number of ether oxygens (including phenoxy) is 1. The van der Waals surface area contributed by atoms with E-state index in [1.54, 1.807) is 4.90 Å². The molecule has 1 aliphatic carbocycles. The number of carbonyl (C=O) groups is 3. The van der Waals surface area contributed by atoms with Crippen molar-refractivity contribution in [3.63, 3.8) is 0 Å². The van der Waals surface area contributed by atoms with Gasteiger partial charge in [0, 0.05) is 24.2 Å². The van der Waals surface area contributed by atoms with E-state index in [9.17, 15) is 14.4 Å². The maximum Gasteiger partial charge on any atom is 0.407 e. The number of hydrogen-bond donors (Lipinski definition) is 3. The van der Waals surface area contributed by atoms with Crippen molar-refractivity contribution in [1.82, 2.24) is 35.1 Å². The van der Waals surface area contributed by atoms with Crippen molar-refractivity contribution in [3.05, 3.63) is 132 Å². The number of aromatic amines is 2. The van der Waals surface area contributed by atoms with Gasteiger partial charge in [-0.25, -0.2) is 14.8 Å². The second-order valence-corrected chi connectivity index (χ2v) is 16.4. The average molecular weight is 804 g/mol. The number of imidazole rings is 2. The molecule has 11 nitrogen and oxygen atoms in total. The third-order valence-electron chi connectivity index (χ3n) is 12.0. The van der Waals surface area contributed by atoms with Crippen LogP contribution < -0.4 is 5.32 Å². The van der Waals surface area contributed by atoms with Crippen molar-refractivity contribution in [2.24, 2.45) is 5.92 Å². The van der Waals surface area contributed by atoms with Gasteiger partial charge in [-0.15, -0.1) is 0 Å². The molecule has 2 aliphatic rings. The Labute approximate surface area is 351 Å². The summed E-state index contributed by atoms with van der Waals surface area (Å²) in [6.45, 7) is 13.4. The first-order valence-electron chi connectivity index (χ1n) is 21.0. The number of aryl methyl sites for hydroxylation is 2. The predicted octanol–water partition coefficient (Wildman–Crippen LogP) is 9.14. The van der Waals surface area contributed by atoms with Gasteiger partial charge in [-0.2, -0.15) is 0 Å². The zero-order chi connectivity index (χ0) is 42.1. The monoisotopic (exact) mass is 803 g/mol. The predicted molar refractivity (Wildman–Crippen MR) is 235 cm³/mol. The van der Waals surface area contributed by atoms with Crippen molar-refractivity contribution in [3.8, 4) is 33.6 Å². The van der Waals surface area contributed by atoms with Gasteiger partial charge in [0.2, 0.25) is 11.8 Å². The third-order valence-corrected chi connectivity index (χ3v) is 12.0. The Hall–Kier alpha value is -6.49. The summed E-state index contributed by atoms with van der Waals surface area (Å²) < 4.78 is 4.81. The van der Waals surface area contributed by atoms with Gasteiger partial charge in [0.1, 0.15) is 23.7 Å². The van der Waals surface area contributed by atoms with Crippen LogP contribution in [0.5, 0.6) is 0 Å². The number of nitrogens with zero attached hydrogens (tertiary/aromatic N) is 4. The number of benzene rings is 4. The van der Waals surface area contributed by atoms with Gasteiger partial charge < -0.3 is 29.8 Å². The van der Waals surface area contributed by atoms with E-state index in [0.717, 1.165) is 86.3 Å². The Morgan fingerprint density at radius 1 is 0.917 bits per heavy atom. The van der Waals surface area contributed by atoms with E-state index in [2.05, 4.69) is 83.4 Å². The fourth-order valence-corrected chi connectivity index (χ4v) is 8.73. The summed E-state index contributed by atoms with van der Waals surface area (Å²) in [5.74, 6) is 1.26.